The number of carbonyl (C=O) groups is 2. The summed E-state index contributed by atoms with van der Waals surface area (Å²) < 4.78 is 0. The summed E-state index contributed by atoms with van der Waals surface area (Å²) in [5, 5.41) is 2.64. The van der Waals surface area contributed by atoms with E-state index >= 15 is 0 Å². The molecular formula is C15H21N3O2S. The smallest absolute Gasteiger partial charge is 0.240 e. The number of hydrogen-bond acceptors (Lipinski definition) is 3. The van der Waals surface area contributed by atoms with Gasteiger partial charge in [-0.3, -0.25) is 9.59 Å². The molecule has 0 aliphatic carbocycles. The van der Waals surface area contributed by atoms with Gasteiger partial charge in [0.15, 0.2) is 0 Å². The van der Waals surface area contributed by atoms with Crippen LogP contribution in [0.2, 0.25) is 0 Å². The first kappa shape index (κ1) is 17.1. The number of carbonyl (C=O) groups excluding carboxylic acids is 2. The van der Waals surface area contributed by atoms with E-state index in [2.05, 4.69) is 5.32 Å². The molecule has 2 atom stereocenters. The van der Waals surface area contributed by atoms with Crippen LogP contribution in [0.4, 0.5) is 0 Å². The molecule has 5 nitrogen and oxygen atoms in total. The largest absolute Gasteiger partial charge is 0.393 e. The standard InChI is InChI=1S/C15H21N3O2S/c1-9(2)12(13(16)19)18-15(20)11(14(17)21)8-10-6-4-3-5-7-10/h3-7,9,11-12H,8H2,1-2H3,(H2,16,19)(H2,17,21)(H,18,20). The molecule has 0 saturated heterocycles. The van der Waals surface area contributed by atoms with Gasteiger partial charge in [0.2, 0.25) is 11.8 Å². The lowest BCUT2D eigenvalue weighted by Crippen LogP contribution is -2.51. The summed E-state index contributed by atoms with van der Waals surface area (Å²) >= 11 is 4.98. The summed E-state index contributed by atoms with van der Waals surface area (Å²) in [7, 11) is 0. The highest BCUT2D eigenvalue weighted by Crippen LogP contribution is 2.11. The number of nitrogens with one attached hydrogen (secondary N) is 1. The van der Waals surface area contributed by atoms with Crippen LogP contribution < -0.4 is 16.8 Å². The van der Waals surface area contributed by atoms with Gasteiger partial charge in [-0.05, 0) is 17.9 Å². The molecule has 21 heavy (non-hydrogen) atoms. The van der Waals surface area contributed by atoms with E-state index in [0.29, 0.717) is 6.42 Å². The summed E-state index contributed by atoms with van der Waals surface area (Å²) in [6, 6.07) is 8.71. The van der Waals surface area contributed by atoms with Crippen LogP contribution >= 0.6 is 12.2 Å². The van der Waals surface area contributed by atoms with Gasteiger partial charge in [0.1, 0.15) is 6.04 Å². The quantitative estimate of drug-likeness (QED) is 0.648. The van der Waals surface area contributed by atoms with E-state index in [0.717, 1.165) is 5.56 Å². The predicted molar refractivity (Wildman–Crippen MR) is 86.4 cm³/mol. The molecule has 0 heterocycles. The lowest BCUT2D eigenvalue weighted by Gasteiger charge is -2.22. The zero-order valence-electron chi connectivity index (χ0n) is 12.2. The van der Waals surface area contributed by atoms with E-state index in [1.807, 2.05) is 44.2 Å². The molecule has 0 bridgehead atoms. The van der Waals surface area contributed by atoms with Crippen LogP contribution in [0.5, 0.6) is 0 Å². The van der Waals surface area contributed by atoms with Gasteiger partial charge in [0.05, 0.1) is 10.9 Å². The Labute approximate surface area is 130 Å². The van der Waals surface area contributed by atoms with Crippen molar-refractivity contribution >= 4 is 29.0 Å². The van der Waals surface area contributed by atoms with E-state index in [1.54, 1.807) is 0 Å². The third-order valence-corrected chi connectivity index (χ3v) is 3.50. The van der Waals surface area contributed by atoms with Crippen molar-refractivity contribution in [3.63, 3.8) is 0 Å². The van der Waals surface area contributed by atoms with E-state index < -0.39 is 17.9 Å². The van der Waals surface area contributed by atoms with Crippen LogP contribution in [0.3, 0.4) is 0 Å². The van der Waals surface area contributed by atoms with Crippen LogP contribution in [0, 0.1) is 11.8 Å². The third-order valence-electron chi connectivity index (χ3n) is 3.21. The Morgan fingerprint density at radius 1 is 1.19 bits per heavy atom. The Balaban J connectivity index is 2.83. The van der Waals surface area contributed by atoms with Crippen LogP contribution in [0.25, 0.3) is 0 Å². The SMILES string of the molecule is CC(C)C(NC(=O)C(Cc1ccccc1)C(N)=S)C(N)=O. The first-order valence-electron chi connectivity index (χ1n) is 6.75. The van der Waals surface area contributed by atoms with Crippen LogP contribution in [-0.2, 0) is 16.0 Å². The molecule has 0 aliphatic heterocycles. The lowest BCUT2D eigenvalue weighted by atomic mass is 9.96. The second kappa shape index (κ2) is 7.73. The van der Waals surface area contributed by atoms with E-state index in [-0.39, 0.29) is 16.8 Å². The first-order chi connectivity index (χ1) is 9.82. The van der Waals surface area contributed by atoms with Crippen LogP contribution in [0.1, 0.15) is 19.4 Å². The summed E-state index contributed by atoms with van der Waals surface area (Å²) in [5.74, 6) is -1.71. The van der Waals surface area contributed by atoms with Gasteiger partial charge in [-0.2, -0.15) is 0 Å². The van der Waals surface area contributed by atoms with Gasteiger partial charge in [-0.1, -0.05) is 56.4 Å². The fraction of sp³-hybridized carbons (Fsp3) is 0.400. The minimum Gasteiger partial charge on any atom is -0.393 e. The lowest BCUT2D eigenvalue weighted by molar-refractivity contribution is -0.129. The minimum atomic E-state index is -0.731. The zero-order chi connectivity index (χ0) is 16.0. The molecule has 2 amide bonds. The number of rotatable bonds is 7. The maximum absolute atomic E-state index is 12.3. The van der Waals surface area contributed by atoms with Crippen molar-refractivity contribution in [1.29, 1.82) is 0 Å². The zero-order valence-corrected chi connectivity index (χ0v) is 13.0. The van der Waals surface area contributed by atoms with Gasteiger partial charge in [-0.15, -0.1) is 0 Å². The molecule has 114 valence electrons. The molecule has 0 saturated carbocycles. The Morgan fingerprint density at radius 2 is 1.76 bits per heavy atom. The molecule has 5 N–H and O–H groups in total. The minimum absolute atomic E-state index is 0.100. The number of hydrogen-bond donors (Lipinski definition) is 3. The maximum Gasteiger partial charge on any atom is 0.240 e. The van der Waals surface area contributed by atoms with Gasteiger partial charge < -0.3 is 16.8 Å². The predicted octanol–water partition coefficient (Wildman–Crippen LogP) is 0.758. The molecule has 1 aromatic carbocycles. The normalized spacial score (nSPS) is 13.5. The van der Waals surface area contributed by atoms with Crippen molar-refractivity contribution in [2.24, 2.45) is 23.3 Å². The number of primary amides is 1. The molecule has 0 aliphatic rings. The van der Waals surface area contributed by atoms with Crippen molar-refractivity contribution < 1.29 is 9.59 Å². The average molecular weight is 307 g/mol. The summed E-state index contributed by atoms with van der Waals surface area (Å²) in [5.41, 5.74) is 11.9. The second-order valence-electron chi connectivity index (χ2n) is 5.28. The number of amides is 2. The number of thiocarbonyl (C=S) groups is 1. The Hall–Kier alpha value is -1.95. The van der Waals surface area contributed by atoms with E-state index in [1.165, 1.54) is 0 Å². The highest BCUT2D eigenvalue weighted by atomic mass is 32.1. The van der Waals surface area contributed by atoms with Crippen molar-refractivity contribution in [3.8, 4) is 0 Å². The molecule has 6 heteroatoms. The van der Waals surface area contributed by atoms with Crippen molar-refractivity contribution in [2.75, 3.05) is 0 Å². The summed E-state index contributed by atoms with van der Waals surface area (Å²) in [4.78, 5) is 23.8. The van der Waals surface area contributed by atoms with Crippen molar-refractivity contribution in [2.45, 2.75) is 26.3 Å². The van der Waals surface area contributed by atoms with E-state index in [4.69, 9.17) is 23.7 Å². The van der Waals surface area contributed by atoms with Gasteiger partial charge in [-0.25, -0.2) is 0 Å². The molecule has 0 aromatic heterocycles. The number of nitrogens with two attached hydrogens (primary N) is 2. The Kier molecular flexibility index (Phi) is 6.30. The fourth-order valence-electron chi connectivity index (χ4n) is 1.99. The highest BCUT2D eigenvalue weighted by molar-refractivity contribution is 7.80. The third kappa shape index (κ3) is 5.15. The summed E-state index contributed by atoms with van der Waals surface area (Å²) in [6.07, 6.45) is 0.394. The molecule has 1 aromatic rings. The topological polar surface area (TPSA) is 98.2 Å². The molecule has 0 radical (unpaired) electrons. The molecule has 1 rings (SSSR count). The molecular weight excluding hydrogens is 286 g/mol. The highest BCUT2D eigenvalue weighted by Gasteiger charge is 2.28. The first-order valence-corrected chi connectivity index (χ1v) is 7.16. The molecule has 0 fully saturated rings. The average Bonchev–Trinajstić information content (AvgIpc) is 2.42. The van der Waals surface area contributed by atoms with Crippen molar-refractivity contribution in [1.82, 2.24) is 5.32 Å². The van der Waals surface area contributed by atoms with Crippen molar-refractivity contribution in [3.05, 3.63) is 35.9 Å². The van der Waals surface area contributed by atoms with Gasteiger partial charge in [0.25, 0.3) is 0 Å². The van der Waals surface area contributed by atoms with Crippen LogP contribution in [-0.4, -0.2) is 22.8 Å². The Bertz CT molecular complexity index is 517. The fourth-order valence-corrected chi connectivity index (χ4v) is 2.18. The van der Waals surface area contributed by atoms with Gasteiger partial charge in [0, 0.05) is 0 Å². The van der Waals surface area contributed by atoms with Gasteiger partial charge >= 0.3 is 0 Å². The monoisotopic (exact) mass is 307 g/mol. The summed E-state index contributed by atoms with van der Waals surface area (Å²) in [6.45, 7) is 3.62. The van der Waals surface area contributed by atoms with E-state index in [9.17, 15) is 9.59 Å². The second-order valence-corrected chi connectivity index (χ2v) is 5.75. The maximum atomic E-state index is 12.3. The molecule has 2 unspecified atom stereocenters. The Morgan fingerprint density at radius 3 is 2.19 bits per heavy atom. The number of benzene rings is 1. The van der Waals surface area contributed by atoms with Crippen LogP contribution in [0.15, 0.2) is 30.3 Å². The molecule has 0 spiro atoms.